The fourth-order valence-electron chi connectivity index (χ4n) is 3.54. The molecule has 0 amide bonds. The molecule has 0 bridgehead atoms. The van der Waals surface area contributed by atoms with Gasteiger partial charge in [0.05, 0.1) is 11.8 Å². The molecule has 0 spiro atoms. The van der Waals surface area contributed by atoms with Crippen LogP contribution in [0.25, 0.3) is 10.9 Å². The van der Waals surface area contributed by atoms with Gasteiger partial charge in [-0.05, 0) is 37.8 Å². The summed E-state index contributed by atoms with van der Waals surface area (Å²) >= 11 is 0. The molecule has 2 aromatic heterocycles. The molecule has 0 radical (unpaired) electrons. The van der Waals surface area contributed by atoms with Crippen molar-refractivity contribution < 1.29 is 0 Å². The molecule has 6 heteroatoms. The maximum atomic E-state index is 12.2. The number of hydrogen-bond donors (Lipinski definition) is 0. The smallest absolute Gasteiger partial charge is 0.256 e. The van der Waals surface area contributed by atoms with Crippen molar-refractivity contribution in [2.45, 2.75) is 26.3 Å². The molecule has 128 valence electrons. The molecule has 1 aliphatic heterocycles. The standard InChI is InChI=1S/C19H21N5O/c1-14-10-20-13-24(19(14)25)11-15-6-8-23(9-7-15)18-16-4-2-3-5-17(16)21-12-22-18/h2-5,10,12-13,15H,6-9,11H2,1H3. The number of fused-ring (bicyclic) bond motifs is 1. The van der Waals surface area contributed by atoms with E-state index in [1.54, 1.807) is 23.4 Å². The Morgan fingerprint density at radius 2 is 1.96 bits per heavy atom. The van der Waals surface area contributed by atoms with Gasteiger partial charge in [0.1, 0.15) is 12.1 Å². The molecule has 1 saturated heterocycles. The number of nitrogens with zero attached hydrogens (tertiary/aromatic N) is 5. The van der Waals surface area contributed by atoms with Gasteiger partial charge in [-0.15, -0.1) is 0 Å². The molecule has 1 aromatic carbocycles. The van der Waals surface area contributed by atoms with Crippen LogP contribution in [0.4, 0.5) is 5.82 Å². The van der Waals surface area contributed by atoms with Gasteiger partial charge in [0.25, 0.3) is 5.56 Å². The van der Waals surface area contributed by atoms with Gasteiger partial charge in [0.15, 0.2) is 0 Å². The van der Waals surface area contributed by atoms with Crippen LogP contribution in [0.2, 0.25) is 0 Å². The van der Waals surface area contributed by atoms with E-state index in [0.717, 1.165) is 49.2 Å². The van der Waals surface area contributed by atoms with Gasteiger partial charge in [-0.3, -0.25) is 9.36 Å². The third-order valence-corrected chi connectivity index (χ3v) is 4.96. The molecule has 1 aliphatic rings. The third kappa shape index (κ3) is 3.12. The van der Waals surface area contributed by atoms with E-state index in [1.165, 1.54) is 0 Å². The second kappa shape index (κ2) is 6.63. The zero-order chi connectivity index (χ0) is 17.2. The number of para-hydroxylation sites is 1. The number of benzene rings is 1. The lowest BCUT2D eigenvalue weighted by Gasteiger charge is -2.33. The van der Waals surface area contributed by atoms with Gasteiger partial charge in [0, 0.05) is 36.8 Å². The maximum absolute atomic E-state index is 12.2. The Kier molecular flexibility index (Phi) is 4.17. The first kappa shape index (κ1) is 15.7. The van der Waals surface area contributed by atoms with E-state index in [4.69, 9.17) is 0 Å². The molecule has 3 heterocycles. The Labute approximate surface area is 146 Å². The van der Waals surface area contributed by atoms with Crippen LogP contribution < -0.4 is 10.5 Å². The summed E-state index contributed by atoms with van der Waals surface area (Å²) in [6.07, 6.45) is 7.00. The zero-order valence-corrected chi connectivity index (χ0v) is 14.3. The van der Waals surface area contributed by atoms with Gasteiger partial charge in [-0.2, -0.15) is 0 Å². The van der Waals surface area contributed by atoms with Gasteiger partial charge < -0.3 is 4.90 Å². The summed E-state index contributed by atoms with van der Waals surface area (Å²) in [6.45, 7) is 4.44. The predicted octanol–water partition coefficient (Wildman–Crippen LogP) is 2.41. The van der Waals surface area contributed by atoms with Crippen LogP contribution in [0.1, 0.15) is 18.4 Å². The molecule has 25 heavy (non-hydrogen) atoms. The van der Waals surface area contributed by atoms with Crippen molar-refractivity contribution in [2.24, 2.45) is 5.92 Å². The van der Waals surface area contributed by atoms with Crippen LogP contribution >= 0.6 is 0 Å². The van der Waals surface area contributed by atoms with E-state index >= 15 is 0 Å². The van der Waals surface area contributed by atoms with Crippen molar-refractivity contribution >= 4 is 16.7 Å². The predicted molar refractivity (Wildman–Crippen MR) is 97.7 cm³/mol. The SMILES string of the molecule is Cc1cncn(CC2CCN(c3ncnc4ccccc34)CC2)c1=O. The molecule has 0 unspecified atom stereocenters. The monoisotopic (exact) mass is 335 g/mol. The first-order chi connectivity index (χ1) is 12.2. The number of rotatable bonds is 3. The number of hydrogen-bond acceptors (Lipinski definition) is 5. The van der Waals surface area contributed by atoms with Crippen molar-refractivity contribution in [3.63, 3.8) is 0 Å². The Morgan fingerprint density at radius 3 is 2.80 bits per heavy atom. The van der Waals surface area contributed by atoms with Gasteiger partial charge >= 0.3 is 0 Å². The Morgan fingerprint density at radius 1 is 1.16 bits per heavy atom. The fourth-order valence-corrected chi connectivity index (χ4v) is 3.54. The summed E-state index contributed by atoms with van der Waals surface area (Å²) < 4.78 is 1.75. The maximum Gasteiger partial charge on any atom is 0.256 e. The molecular weight excluding hydrogens is 314 g/mol. The van der Waals surface area contributed by atoms with Crippen molar-refractivity contribution in [3.05, 3.63) is 59.0 Å². The minimum atomic E-state index is 0.0687. The quantitative estimate of drug-likeness (QED) is 0.735. The largest absolute Gasteiger partial charge is 0.356 e. The van der Waals surface area contributed by atoms with Crippen molar-refractivity contribution in [3.8, 4) is 0 Å². The lowest BCUT2D eigenvalue weighted by atomic mass is 9.96. The molecule has 0 aliphatic carbocycles. The average molecular weight is 335 g/mol. The zero-order valence-electron chi connectivity index (χ0n) is 14.3. The Bertz CT molecular complexity index is 938. The minimum absolute atomic E-state index is 0.0687. The molecule has 0 atom stereocenters. The highest BCUT2D eigenvalue weighted by Gasteiger charge is 2.22. The number of aromatic nitrogens is 4. The number of anilines is 1. The minimum Gasteiger partial charge on any atom is -0.356 e. The van der Waals surface area contributed by atoms with E-state index in [-0.39, 0.29) is 5.56 Å². The van der Waals surface area contributed by atoms with E-state index in [2.05, 4.69) is 25.9 Å². The second-order valence-electron chi connectivity index (χ2n) is 6.68. The third-order valence-electron chi connectivity index (χ3n) is 4.96. The van der Waals surface area contributed by atoms with Crippen molar-refractivity contribution in [1.82, 2.24) is 19.5 Å². The lowest BCUT2D eigenvalue weighted by Crippen LogP contribution is -2.37. The average Bonchev–Trinajstić information content (AvgIpc) is 2.66. The first-order valence-electron chi connectivity index (χ1n) is 8.68. The van der Waals surface area contributed by atoms with Gasteiger partial charge in [-0.25, -0.2) is 15.0 Å². The summed E-state index contributed by atoms with van der Waals surface area (Å²) in [5.41, 5.74) is 1.75. The van der Waals surface area contributed by atoms with Crippen molar-refractivity contribution in [1.29, 1.82) is 0 Å². The molecule has 0 N–H and O–H groups in total. The Balaban J connectivity index is 1.48. The highest BCUT2D eigenvalue weighted by Crippen LogP contribution is 2.27. The molecule has 1 fully saturated rings. The summed E-state index contributed by atoms with van der Waals surface area (Å²) in [5, 5.41) is 1.10. The fraction of sp³-hybridized carbons (Fsp3) is 0.368. The second-order valence-corrected chi connectivity index (χ2v) is 6.68. The lowest BCUT2D eigenvalue weighted by molar-refractivity contribution is 0.350. The van der Waals surface area contributed by atoms with Crippen LogP contribution in [0.15, 0.2) is 47.9 Å². The van der Waals surface area contributed by atoms with E-state index in [0.29, 0.717) is 11.5 Å². The van der Waals surface area contributed by atoms with Gasteiger partial charge in [-0.1, -0.05) is 12.1 Å². The molecule has 3 aromatic rings. The van der Waals surface area contributed by atoms with Crippen LogP contribution in [-0.2, 0) is 6.54 Å². The van der Waals surface area contributed by atoms with Crippen LogP contribution in [-0.4, -0.2) is 32.6 Å². The van der Waals surface area contributed by atoms with Gasteiger partial charge in [0.2, 0.25) is 0 Å². The van der Waals surface area contributed by atoms with Crippen LogP contribution in [0, 0.1) is 12.8 Å². The summed E-state index contributed by atoms with van der Waals surface area (Å²) in [7, 11) is 0. The van der Waals surface area contributed by atoms with Crippen molar-refractivity contribution in [2.75, 3.05) is 18.0 Å². The number of aryl methyl sites for hydroxylation is 1. The van der Waals surface area contributed by atoms with E-state index in [1.807, 2.05) is 25.1 Å². The molecular formula is C19H21N5O. The number of piperidine rings is 1. The topological polar surface area (TPSA) is 63.9 Å². The molecule has 6 nitrogen and oxygen atoms in total. The Hall–Kier alpha value is -2.76. The van der Waals surface area contributed by atoms with E-state index in [9.17, 15) is 4.79 Å². The normalized spacial score (nSPS) is 15.6. The highest BCUT2D eigenvalue weighted by molar-refractivity contribution is 5.89. The summed E-state index contributed by atoms with van der Waals surface area (Å²) in [6, 6.07) is 8.12. The first-order valence-corrected chi connectivity index (χ1v) is 8.68. The molecule has 4 rings (SSSR count). The summed E-state index contributed by atoms with van der Waals surface area (Å²) in [5.74, 6) is 1.50. The summed E-state index contributed by atoms with van der Waals surface area (Å²) in [4.78, 5) is 27.5. The molecule has 0 saturated carbocycles. The highest BCUT2D eigenvalue weighted by atomic mass is 16.1. The van der Waals surface area contributed by atoms with E-state index < -0.39 is 0 Å². The van der Waals surface area contributed by atoms with Crippen LogP contribution in [0.5, 0.6) is 0 Å². The van der Waals surface area contributed by atoms with Crippen LogP contribution in [0.3, 0.4) is 0 Å².